The van der Waals surface area contributed by atoms with E-state index in [2.05, 4.69) is 5.32 Å². The molecule has 5 heteroatoms. The quantitative estimate of drug-likeness (QED) is 0.832. The number of halogens is 4. The number of hydrogen-bond donors (Lipinski definition) is 1. The van der Waals surface area contributed by atoms with Crippen LogP contribution in [0.5, 0.6) is 0 Å². The summed E-state index contributed by atoms with van der Waals surface area (Å²) in [7, 11) is 0. The summed E-state index contributed by atoms with van der Waals surface area (Å²) >= 11 is 5.96. The maximum atomic E-state index is 14.0. The van der Waals surface area contributed by atoms with Crippen molar-refractivity contribution in [1.82, 2.24) is 5.32 Å². The van der Waals surface area contributed by atoms with Crippen LogP contribution in [-0.4, -0.2) is 6.54 Å². The standard InChI is InChI=1S/C16H15ClF3N/c1-2-9-21-16(10-5-3-8-13(20)15(10)17)14-11(18)6-4-7-12(14)19/h3-8,16,21H,2,9H2,1H3. The van der Waals surface area contributed by atoms with Gasteiger partial charge in [0.15, 0.2) is 0 Å². The first-order chi connectivity index (χ1) is 10.1. The molecule has 21 heavy (non-hydrogen) atoms. The molecule has 1 unspecified atom stereocenters. The van der Waals surface area contributed by atoms with E-state index in [9.17, 15) is 13.2 Å². The molecular weight excluding hydrogens is 299 g/mol. The predicted octanol–water partition coefficient (Wildman–Crippen LogP) is 4.85. The van der Waals surface area contributed by atoms with Gasteiger partial charge in [0.2, 0.25) is 0 Å². The van der Waals surface area contributed by atoms with Gasteiger partial charge in [-0.2, -0.15) is 0 Å². The maximum Gasteiger partial charge on any atom is 0.142 e. The Morgan fingerprint density at radius 1 is 1.00 bits per heavy atom. The topological polar surface area (TPSA) is 12.0 Å². The first-order valence-corrected chi connectivity index (χ1v) is 7.05. The molecule has 0 amide bonds. The minimum absolute atomic E-state index is 0.131. The highest BCUT2D eigenvalue weighted by Crippen LogP contribution is 2.32. The van der Waals surface area contributed by atoms with Gasteiger partial charge in [-0.3, -0.25) is 0 Å². The minimum Gasteiger partial charge on any atom is -0.306 e. The van der Waals surface area contributed by atoms with Gasteiger partial charge in [0, 0.05) is 5.56 Å². The van der Waals surface area contributed by atoms with Crippen LogP contribution in [0.4, 0.5) is 13.2 Å². The van der Waals surface area contributed by atoms with Crippen LogP contribution in [0.3, 0.4) is 0 Å². The molecule has 112 valence electrons. The third kappa shape index (κ3) is 3.39. The van der Waals surface area contributed by atoms with Crippen LogP contribution in [-0.2, 0) is 0 Å². The number of rotatable bonds is 5. The van der Waals surface area contributed by atoms with E-state index >= 15 is 0 Å². The summed E-state index contributed by atoms with van der Waals surface area (Å²) < 4.78 is 41.7. The molecule has 0 aliphatic rings. The minimum atomic E-state index is -0.839. The first kappa shape index (κ1) is 15.9. The van der Waals surface area contributed by atoms with Gasteiger partial charge in [0.05, 0.1) is 11.1 Å². The molecule has 2 rings (SSSR count). The Kier molecular flexibility index (Phi) is 5.26. The van der Waals surface area contributed by atoms with Crippen molar-refractivity contribution in [1.29, 1.82) is 0 Å². The normalized spacial score (nSPS) is 12.4. The lowest BCUT2D eigenvalue weighted by molar-refractivity contribution is 0.501. The molecule has 1 nitrogen and oxygen atoms in total. The first-order valence-electron chi connectivity index (χ1n) is 6.67. The lowest BCUT2D eigenvalue weighted by Crippen LogP contribution is -2.25. The highest BCUT2D eigenvalue weighted by atomic mass is 35.5. The van der Waals surface area contributed by atoms with Crippen LogP contribution in [0.1, 0.15) is 30.5 Å². The average molecular weight is 314 g/mol. The zero-order chi connectivity index (χ0) is 15.4. The molecule has 0 bridgehead atoms. The monoisotopic (exact) mass is 313 g/mol. The summed E-state index contributed by atoms with van der Waals surface area (Å²) in [4.78, 5) is 0. The van der Waals surface area contributed by atoms with Gasteiger partial charge < -0.3 is 5.32 Å². The van der Waals surface area contributed by atoms with Gasteiger partial charge >= 0.3 is 0 Å². The van der Waals surface area contributed by atoms with Gasteiger partial charge in [0.25, 0.3) is 0 Å². The van der Waals surface area contributed by atoms with Crippen molar-refractivity contribution >= 4 is 11.6 Å². The van der Waals surface area contributed by atoms with E-state index in [1.54, 1.807) is 6.07 Å². The third-order valence-corrected chi connectivity index (χ3v) is 3.58. The van der Waals surface area contributed by atoms with Crippen molar-refractivity contribution in [3.8, 4) is 0 Å². The van der Waals surface area contributed by atoms with Gasteiger partial charge in [-0.25, -0.2) is 13.2 Å². The van der Waals surface area contributed by atoms with Gasteiger partial charge in [-0.1, -0.05) is 36.7 Å². The molecule has 0 spiro atoms. The molecule has 0 fully saturated rings. The smallest absolute Gasteiger partial charge is 0.142 e. The fourth-order valence-electron chi connectivity index (χ4n) is 2.19. The molecule has 0 aliphatic heterocycles. The van der Waals surface area contributed by atoms with Crippen molar-refractivity contribution in [3.63, 3.8) is 0 Å². The Morgan fingerprint density at radius 2 is 1.57 bits per heavy atom. The van der Waals surface area contributed by atoms with E-state index in [0.717, 1.165) is 6.42 Å². The summed E-state index contributed by atoms with van der Waals surface area (Å²) in [6, 6.07) is 7.03. The molecule has 0 radical (unpaired) electrons. The predicted molar refractivity (Wildman–Crippen MR) is 77.9 cm³/mol. The lowest BCUT2D eigenvalue weighted by atomic mass is 9.97. The van der Waals surface area contributed by atoms with E-state index < -0.39 is 23.5 Å². The Hall–Kier alpha value is -1.52. The second-order valence-corrected chi connectivity index (χ2v) is 5.04. The van der Waals surface area contributed by atoms with Gasteiger partial charge in [0.1, 0.15) is 17.5 Å². The number of hydrogen-bond acceptors (Lipinski definition) is 1. The summed E-state index contributed by atoms with van der Waals surface area (Å²) in [6.45, 7) is 2.44. The molecule has 1 atom stereocenters. The molecule has 0 aromatic heterocycles. The van der Waals surface area contributed by atoms with Gasteiger partial charge in [-0.05, 0) is 36.7 Å². The van der Waals surface area contributed by atoms with E-state index in [1.165, 1.54) is 30.3 Å². The Balaban J connectivity index is 2.55. The molecule has 2 aromatic carbocycles. The Bertz CT molecular complexity index is 611. The Morgan fingerprint density at radius 3 is 2.19 bits per heavy atom. The highest BCUT2D eigenvalue weighted by Gasteiger charge is 2.24. The molecule has 0 aliphatic carbocycles. The molecule has 1 N–H and O–H groups in total. The van der Waals surface area contributed by atoms with E-state index in [4.69, 9.17) is 11.6 Å². The Labute approximate surface area is 126 Å². The van der Waals surface area contributed by atoms with Crippen LogP contribution < -0.4 is 5.32 Å². The van der Waals surface area contributed by atoms with E-state index in [-0.39, 0.29) is 10.6 Å². The van der Waals surface area contributed by atoms with Gasteiger partial charge in [-0.15, -0.1) is 0 Å². The van der Waals surface area contributed by atoms with Crippen LogP contribution in [0, 0.1) is 17.5 Å². The van der Waals surface area contributed by atoms with Crippen molar-refractivity contribution in [3.05, 3.63) is 70.0 Å². The molecular formula is C16H15ClF3N. The van der Waals surface area contributed by atoms with Crippen LogP contribution in [0.2, 0.25) is 5.02 Å². The second kappa shape index (κ2) is 6.96. The van der Waals surface area contributed by atoms with Crippen LogP contribution in [0.15, 0.2) is 36.4 Å². The highest BCUT2D eigenvalue weighted by molar-refractivity contribution is 6.31. The second-order valence-electron chi connectivity index (χ2n) is 4.67. The van der Waals surface area contributed by atoms with E-state index in [1.807, 2.05) is 6.92 Å². The summed E-state index contributed by atoms with van der Waals surface area (Å²) in [5.41, 5.74) is 0.160. The van der Waals surface area contributed by atoms with Crippen molar-refractivity contribution in [2.45, 2.75) is 19.4 Å². The van der Waals surface area contributed by atoms with Crippen molar-refractivity contribution in [2.75, 3.05) is 6.54 Å². The fraction of sp³-hybridized carbons (Fsp3) is 0.250. The zero-order valence-corrected chi connectivity index (χ0v) is 12.2. The largest absolute Gasteiger partial charge is 0.306 e. The molecule has 2 aromatic rings. The zero-order valence-electron chi connectivity index (χ0n) is 11.5. The van der Waals surface area contributed by atoms with Crippen molar-refractivity contribution in [2.24, 2.45) is 0 Å². The average Bonchev–Trinajstić information content (AvgIpc) is 2.45. The van der Waals surface area contributed by atoms with Crippen molar-refractivity contribution < 1.29 is 13.2 Å². The fourth-order valence-corrected chi connectivity index (χ4v) is 2.42. The van der Waals surface area contributed by atoms with Crippen LogP contribution in [0.25, 0.3) is 0 Å². The maximum absolute atomic E-state index is 14.0. The molecule has 0 saturated heterocycles. The van der Waals surface area contributed by atoms with E-state index in [0.29, 0.717) is 12.1 Å². The summed E-state index contributed by atoms with van der Waals surface area (Å²) in [5, 5.41) is 2.89. The molecule has 0 heterocycles. The summed E-state index contributed by atoms with van der Waals surface area (Å²) in [5.74, 6) is -2.00. The molecule has 0 saturated carbocycles. The number of benzene rings is 2. The SMILES string of the molecule is CCCNC(c1cccc(F)c1Cl)c1c(F)cccc1F. The van der Waals surface area contributed by atoms with Crippen LogP contribution >= 0.6 is 11.6 Å². The third-order valence-electron chi connectivity index (χ3n) is 3.18. The number of nitrogens with one attached hydrogen (secondary N) is 1. The summed E-state index contributed by atoms with van der Waals surface area (Å²) in [6.07, 6.45) is 0.763. The lowest BCUT2D eigenvalue weighted by Gasteiger charge is -2.22.